The number of amides is 1. The molecule has 1 saturated heterocycles. The van der Waals surface area contributed by atoms with Crippen molar-refractivity contribution in [2.24, 2.45) is 0 Å². The number of β-amino-alcohol motifs (C(OH)–C–C–N with tert-alkyl or cyclic N) is 1. The molecule has 1 N–H and O–H groups in total. The van der Waals surface area contributed by atoms with E-state index in [4.69, 9.17) is 0 Å². The van der Waals surface area contributed by atoms with Gasteiger partial charge in [0, 0.05) is 18.5 Å². The SMILES string of the molecule is CC(C)(O)CN1C(=O)CCN1C(C)(C)C. The second-order valence-electron chi connectivity index (χ2n) is 5.81. The molecule has 1 heterocycles. The first-order valence-electron chi connectivity index (χ1n) is 5.41. The summed E-state index contributed by atoms with van der Waals surface area (Å²) in [6.07, 6.45) is 0.549. The highest BCUT2D eigenvalue weighted by Crippen LogP contribution is 2.24. The Labute approximate surface area is 91.8 Å². The zero-order valence-corrected chi connectivity index (χ0v) is 10.4. The van der Waals surface area contributed by atoms with Crippen molar-refractivity contribution in [3.63, 3.8) is 0 Å². The van der Waals surface area contributed by atoms with E-state index in [0.29, 0.717) is 13.0 Å². The van der Waals surface area contributed by atoms with E-state index in [1.807, 2.05) is 5.01 Å². The lowest BCUT2D eigenvalue weighted by molar-refractivity contribution is -0.152. The van der Waals surface area contributed by atoms with Crippen LogP contribution in [0.25, 0.3) is 0 Å². The lowest BCUT2D eigenvalue weighted by Gasteiger charge is -2.40. The zero-order chi connectivity index (χ0) is 11.9. The first kappa shape index (κ1) is 12.5. The molecule has 1 rings (SSSR count). The average Bonchev–Trinajstić information content (AvgIpc) is 2.28. The minimum absolute atomic E-state index is 0.0720. The number of aliphatic hydroxyl groups is 1. The van der Waals surface area contributed by atoms with Gasteiger partial charge in [0.1, 0.15) is 0 Å². The van der Waals surface area contributed by atoms with Gasteiger partial charge in [0.15, 0.2) is 0 Å². The van der Waals surface area contributed by atoms with Crippen LogP contribution in [0.5, 0.6) is 0 Å². The van der Waals surface area contributed by atoms with Gasteiger partial charge in [-0.15, -0.1) is 0 Å². The zero-order valence-electron chi connectivity index (χ0n) is 10.4. The first-order valence-corrected chi connectivity index (χ1v) is 5.41. The molecule has 1 amide bonds. The Morgan fingerprint density at radius 3 is 2.20 bits per heavy atom. The predicted molar refractivity (Wildman–Crippen MR) is 59.1 cm³/mol. The molecule has 0 aromatic carbocycles. The quantitative estimate of drug-likeness (QED) is 0.746. The van der Waals surface area contributed by atoms with Crippen molar-refractivity contribution in [2.75, 3.05) is 13.1 Å². The monoisotopic (exact) mass is 214 g/mol. The van der Waals surface area contributed by atoms with Crippen molar-refractivity contribution in [3.05, 3.63) is 0 Å². The van der Waals surface area contributed by atoms with E-state index in [9.17, 15) is 9.90 Å². The number of nitrogens with zero attached hydrogens (tertiary/aromatic N) is 2. The van der Waals surface area contributed by atoms with Crippen LogP contribution in [0.3, 0.4) is 0 Å². The van der Waals surface area contributed by atoms with Crippen LogP contribution in [0, 0.1) is 0 Å². The van der Waals surface area contributed by atoms with E-state index in [1.165, 1.54) is 0 Å². The number of carbonyl (C=O) groups is 1. The van der Waals surface area contributed by atoms with Crippen molar-refractivity contribution >= 4 is 5.91 Å². The van der Waals surface area contributed by atoms with Crippen LogP contribution in [0.15, 0.2) is 0 Å². The van der Waals surface area contributed by atoms with Crippen molar-refractivity contribution in [2.45, 2.75) is 52.2 Å². The molecule has 0 unspecified atom stereocenters. The lowest BCUT2D eigenvalue weighted by atomic mass is 10.1. The summed E-state index contributed by atoms with van der Waals surface area (Å²) in [6, 6.07) is 0. The van der Waals surface area contributed by atoms with E-state index in [1.54, 1.807) is 18.9 Å². The van der Waals surface area contributed by atoms with E-state index < -0.39 is 5.60 Å². The maximum Gasteiger partial charge on any atom is 0.238 e. The Bertz CT molecular complexity index is 250. The number of rotatable bonds is 2. The minimum Gasteiger partial charge on any atom is -0.389 e. The highest BCUT2D eigenvalue weighted by Gasteiger charge is 2.38. The van der Waals surface area contributed by atoms with Crippen molar-refractivity contribution < 1.29 is 9.90 Å². The van der Waals surface area contributed by atoms with Crippen LogP contribution in [0.2, 0.25) is 0 Å². The molecule has 0 saturated carbocycles. The molecule has 4 heteroatoms. The first-order chi connectivity index (χ1) is 6.61. The highest BCUT2D eigenvalue weighted by molar-refractivity contribution is 5.77. The molecule has 1 aliphatic heterocycles. The fourth-order valence-electron chi connectivity index (χ4n) is 1.82. The molecule has 88 valence electrons. The fraction of sp³-hybridized carbons (Fsp3) is 0.909. The van der Waals surface area contributed by atoms with Gasteiger partial charge in [0.2, 0.25) is 5.91 Å². The van der Waals surface area contributed by atoms with E-state index in [-0.39, 0.29) is 11.4 Å². The van der Waals surface area contributed by atoms with Gasteiger partial charge in [0.05, 0.1) is 12.1 Å². The molecular weight excluding hydrogens is 192 g/mol. The fourth-order valence-corrected chi connectivity index (χ4v) is 1.82. The van der Waals surface area contributed by atoms with Gasteiger partial charge in [-0.25, -0.2) is 5.01 Å². The third kappa shape index (κ3) is 3.18. The van der Waals surface area contributed by atoms with Gasteiger partial charge in [-0.05, 0) is 34.6 Å². The average molecular weight is 214 g/mol. The Hall–Kier alpha value is -0.610. The molecule has 1 aliphatic rings. The number of hydrazine groups is 1. The Morgan fingerprint density at radius 2 is 1.80 bits per heavy atom. The van der Waals surface area contributed by atoms with Gasteiger partial charge in [-0.3, -0.25) is 9.80 Å². The standard InChI is InChI=1S/C11H22N2O2/c1-10(2,3)13-7-6-9(14)12(13)8-11(4,5)15/h15H,6-8H2,1-5H3. The predicted octanol–water partition coefficient (Wildman–Crippen LogP) is 1.01. The minimum atomic E-state index is -0.844. The summed E-state index contributed by atoms with van der Waals surface area (Å²) in [7, 11) is 0. The Balaban J connectivity index is 2.78. The Kier molecular flexibility index (Phi) is 3.12. The Morgan fingerprint density at radius 1 is 1.27 bits per heavy atom. The lowest BCUT2D eigenvalue weighted by Crippen LogP contribution is -2.53. The molecule has 0 spiro atoms. The molecule has 0 aliphatic carbocycles. The number of hydrogen-bond acceptors (Lipinski definition) is 3. The molecule has 0 radical (unpaired) electrons. The van der Waals surface area contributed by atoms with Crippen LogP contribution in [0.4, 0.5) is 0 Å². The summed E-state index contributed by atoms with van der Waals surface area (Å²) in [5.41, 5.74) is -0.916. The molecule has 0 bridgehead atoms. The molecule has 0 atom stereocenters. The van der Waals surface area contributed by atoms with Crippen molar-refractivity contribution in [3.8, 4) is 0 Å². The topological polar surface area (TPSA) is 43.8 Å². The maximum absolute atomic E-state index is 11.7. The maximum atomic E-state index is 11.7. The number of hydrogen-bond donors (Lipinski definition) is 1. The molecule has 0 aromatic rings. The van der Waals surface area contributed by atoms with Crippen LogP contribution < -0.4 is 0 Å². The van der Waals surface area contributed by atoms with Gasteiger partial charge >= 0.3 is 0 Å². The normalized spacial score (nSPS) is 20.1. The smallest absolute Gasteiger partial charge is 0.238 e. The van der Waals surface area contributed by atoms with Crippen LogP contribution >= 0.6 is 0 Å². The van der Waals surface area contributed by atoms with E-state index >= 15 is 0 Å². The van der Waals surface area contributed by atoms with Gasteiger partial charge in [0.25, 0.3) is 0 Å². The highest BCUT2D eigenvalue weighted by atomic mass is 16.3. The third-order valence-electron chi connectivity index (χ3n) is 2.43. The molecular formula is C11H22N2O2. The molecule has 4 nitrogen and oxygen atoms in total. The summed E-state index contributed by atoms with van der Waals surface area (Å²) >= 11 is 0. The van der Waals surface area contributed by atoms with Crippen LogP contribution in [0.1, 0.15) is 41.0 Å². The summed E-state index contributed by atoms with van der Waals surface area (Å²) < 4.78 is 0. The van der Waals surface area contributed by atoms with Crippen molar-refractivity contribution in [1.29, 1.82) is 0 Å². The third-order valence-corrected chi connectivity index (χ3v) is 2.43. The summed E-state index contributed by atoms with van der Waals surface area (Å²) in [5, 5.41) is 13.5. The van der Waals surface area contributed by atoms with Gasteiger partial charge in [-0.2, -0.15) is 0 Å². The molecule has 1 fully saturated rings. The summed E-state index contributed by atoms with van der Waals surface area (Å²) in [6.45, 7) is 10.8. The largest absolute Gasteiger partial charge is 0.389 e. The van der Waals surface area contributed by atoms with Gasteiger partial charge in [-0.1, -0.05) is 0 Å². The van der Waals surface area contributed by atoms with Crippen molar-refractivity contribution in [1.82, 2.24) is 10.0 Å². The summed E-state index contributed by atoms with van der Waals surface area (Å²) in [4.78, 5) is 11.7. The van der Waals surface area contributed by atoms with E-state index in [2.05, 4.69) is 20.8 Å². The van der Waals surface area contributed by atoms with E-state index in [0.717, 1.165) is 6.54 Å². The van der Waals surface area contributed by atoms with Crippen LogP contribution in [-0.4, -0.2) is 45.3 Å². The van der Waals surface area contributed by atoms with Gasteiger partial charge < -0.3 is 5.11 Å². The molecule has 15 heavy (non-hydrogen) atoms. The summed E-state index contributed by atoms with van der Waals surface area (Å²) in [5.74, 6) is 0.104. The second kappa shape index (κ2) is 3.76. The molecule has 0 aromatic heterocycles. The number of carbonyl (C=O) groups excluding carboxylic acids is 1. The second-order valence-corrected chi connectivity index (χ2v) is 5.81. The van der Waals surface area contributed by atoms with Crippen LogP contribution in [-0.2, 0) is 4.79 Å².